The van der Waals surface area contributed by atoms with Crippen LogP contribution in [0.1, 0.15) is 22.3 Å². The summed E-state index contributed by atoms with van der Waals surface area (Å²) in [4.78, 5) is 11.9. The Bertz CT molecular complexity index is 587. The first-order valence-corrected chi connectivity index (χ1v) is 7.92. The van der Waals surface area contributed by atoms with Crippen LogP contribution in [0.2, 0.25) is 5.02 Å². The van der Waals surface area contributed by atoms with Crippen molar-refractivity contribution < 1.29 is 4.79 Å². The van der Waals surface area contributed by atoms with Crippen LogP contribution >= 0.6 is 11.6 Å². The van der Waals surface area contributed by atoms with Crippen LogP contribution in [0.5, 0.6) is 0 Å². The number of carbonyl (C=O) groups is 1. The van der Waals surface area contributed by atoms with Crippen molar-refractivity contribution in [1.29, 1.82) is 0 Å². The van der Waals surface area contributed by atoms with Crippen molar-refractivity contribution in [2.24, 2.45) is 0 Å². The van der Waals surface area contributed by atoms with Gasteiger partial charge in [-0.15, -0.1) is 0 Å². The molecule has 0 heterocycles. The number of nitrogens with one attached hydrogen (secondary N) is 2. The third-order valence-electron chi connectivity index (χ3n) is 3.34. The first kappa shape index (κ1) is 16.5. The van der Waals surface area contributed by atoms with Crippen molar-refractivity contribution >= 4 is 17.5 Å². The molecule has 0 fully saturated rings. The predicted molar refractivity (Wildman–Crippen MR) is 91.4 cm³/mol. The monoisotopic (exact) mass is 316 g/mol. The standard InChI is InChI=1S/C18H21ClN2O/c19-17-9-4-8-16(14-17)18(22)21-12-5-11-20-13-10-15-6-2-1-3-7-15/h1-4,6-9,14,20H,5,10-13H2,(H,21,22). The van der Waals surface area contributed by atoms with E-state index < -0.39 is 0 Å². The van der Waals surface area contributed by atoms with Gasteiger partial charge in [0.25, 0.3) is 5.91 Å². The molecule has 0 unspecified atom stereocenters. The first-order valence-electron chi connectivity index (χ1n) is 7.54. The minimum Gasteiger partial charge on any atom is -0.352 e. The lowest BCUT2D eigenvalue weighted by atomic mass is 10.1. The second-order valence-electron chi connectivity index (χ2n) is 5.11. The number of hydrogen-bond donors (Lipinski definition) is 2. The van der Waals surface area contributed by atoms with Crippen LogP contribution in [-0.2, 0) is 6.42 Å². The molecular formula is C18H21ClN2O. The van der Waals surface area contributed by atoms with Gasteiger partial charge in [0, 0.05) is 17.1 Å². The summed E-state index contributed by atoms with van der Waals surface area (Å²) in [5, 5.41) is 6.86. The maximum Gasteiger partial charge on any atom is 0.251 e. The lowest BCUT2D eigenvalue weighted by molar-refractivity contribution is 0.0953. The van der Waals surface area contributed by atoms with Crippen LogP contribution in [0.3, 0.4) is 0 Å². The zero-order valence-electron chi connectivity index (χ0n) is 12.5. The van der Waals surface area contributed by atoms with Gasteiger partial charge in [0.2, 0.25) is 0 Å². The molecular weight excluding hydrogens is 296 g/mol. The van der Waals surface area contributed by atoms with Gasteiger partial charge in [-0.05, 0) is 49.7 Å². The van der Waals surface area contributed by atoms with Gasteiger partial charge in [0.15, 0.2) is 0 Å². The van der Waals surface area contributed by atoms with Gasteiger partial charge in [-0.25, -0.2) is 0 Å². The van der Waals surface area contributed by atoms with E-state index in [1.807, 2.05) is 6.07 Å². The van der Waals surface area contributed by atoms with Crippen molar-refractivity contribution in [2.75, 3.05) is 19.6 Å². The van der Waals surface area contributed by atoms with Gasteiger partial charge in [0.05, 0.1) is 0 Å². The highest BCUT2D eigenvalue weighted by Gasteiger charge is 2.04. The normalized spacial score (nSPS) is 10.4. The van der Waals surface area contributed by atoms with Crippen molar-refractivity contribution in [3.05, 3.63) is 70.7 Å². The van der Waals surface area contributed by atoms with Crippen LogP contribution in [-0.4, -0.2) is 25.5 Å². The maximum atomic E-state index is 11.9. The molecule has 0 aliphatic carbocycles. The first-order chi connectivity index (χ1) is 10.8. The van der Waals surface area contributed by atoms with Gasteiger partial charge in [-0.1, -0.05) is 48.0 Å². The van der Waals surface area contributed by atoms with E-state index in [0.717, 1.165) is 25.9 Å². The summed E-state index contributed by atoms with van der Waals surface area (Å²) in [5.74, 6) is -0.0771. The SMILES string of the molecule is O=C(NCCCNCCc1ccccc1)c1cccc(Cl)c1. The number of halogens is 1. The van der Waals surface area contributed by atoms with Crippen LogP contribution in [0.4, 0.5) is 0 Å². The molecule has 0 saturated carbocycles. The van der Waals surface area contributed by atoms with Crippen LogP contribution in [0, 0.1) is 0 Å². The number of carbonyl (C=O) groups excluding carboxylic acids is 1. The summed E-state index contributed by atoms with van der Waals surface area (Å²) in [6, 6.07) is 17.4. The van der Waals surface area contributed by atoms with E-state index in [-0.39, 0.29) is 5.91 Å². The molecule has 2 aromatic carbocycles. The molecule has 116 valence electrons. The summed E-state index contributed by atoms with van der Waals surface area (Å²) < 4.78 is 0. The molecule has 1 amide bonds. The third kappa shape index (κ3) is 5.88. The Morgan fingerprint density at radius 3 is 2.55 bits per heavy atom. The molecule has 0 spiro atoms. The molecule has 0 aromatic heterocycles. The lowest BCUT2D eigenvalue weighted by Crippen LogP contribution is -2.28. The minimum absolute atomic E-state index is 0.0771. The second-order valence-corrected chi connectivity index (χ2v) is 5.54. The fraction of sp³-hybridized carbons (Fsp3) is 0.278. The van der Waals surface area contributed by atoms with E-state index >= 15 is 0 Å². The summed E-state index contributed by atoms with van der Waals surface area (Å²) in [6.45, 7) is 2.50. The average Bonchev–Trinajstić information content (AvgIpc) is 2.54. The molecule has 0 saturated heterocycles. The van der Waals surface area contributed by atoms with Gasteiger partial charge in [-0.3, -0.25) is 4.79 Å². The number of benzene rings is 2. The molecule has 0 radical (unpaired) electrons. The van der Waals surface area contributed by atoms with E-state index in [1.54, 1.807) is 24.3 Å². The molecule has 4 heteroatoms. The molecule has 2 aromatic rings. The fourth-order valence-corrected chi connectivity index (χ4v) is 2.34. The highest BCUT2D eigenvalue weighted by Crippen LogP contribution is 2.10. The summed E-state index contributed by atoms with van der Waals surface area (Å²) in [7, 11) is 0. The third-order valence-corrected chi connectivity index (χ3v) is 3.57. The molecule has 22 heavy (non-hydrogen) atoms. The number of hydrogen-bond acceptors (Lipinski definition) is 2. The quantitative estimate of drug-likeness (QED) is 0.734. The molecule has 0 aliphatic rings. The molecule has 0 atom stereocenters. The average molecular weight is 317 g/mol. The Kier molecular flexibility index (Phi) is 6.94. The van der Waals surface area contributed by atoms with E-state index in [9.17, 15) is 4.79 Å². The number of rotatable bonds is 8. The fourth-order valence-electron chi connectivity index (χ4n) is 2.15. The van der Waals surface area contributed by atoms with Gasteiger partial charge in [-0.2, -0.15) is 0 Å². The van der Waals surface area contributed by atoms with Crippen molar-refractivity contribution in [3.8, 4) is 0 Å². The molecule has 2 N–H and O–H groups in total. The second kappa shape index (κ2) is 9.23. The van der Waals surface area contributed by atoms with Crippen LogP contribution < -0.4 is 10.6 Å². The molecule has 2 rings (SSSR count). The largest absolute Gasteiger partial charge is 0.352 e. The Hall–Kier alpha value is -1.84. The summed E-state index contributed by atoms with van der Waals surface area (Å²) >= 11 is 5.87. The van der Waals surface area contributed by atoms with Crippen molar-refractivity contribution in [2.45, 2.75) is 12.8 Å². The Morgan fingerprint density at radius 2 is 1.77 bits per heavy atom. The van der Waals surface area contributed by atoms with Crippen LogP contribution in [0.25, 0.3) is 0 Å². The lowest BCUT2D eigenvalue weighted by Gasteiger charge is -2.07. The Labute approximate surface area is 136 Å². The Balaban J connectivity index is 1.55. The van der Waals surface area contributed by atoms with Gasteiger partial charge < -0.3 is 10.6 Å². The molecule has 3 nitrogen and oxygen atoms in total. The van der Waals surface area contributed by atoms with E-state index in [0.29, 0.717) is 17.1 Å². The zero-order valence-corrected chi connectivity index (χ0v) is 13.3. The topological polar surface area (TPSA) is 41.1 Å². The maximum absolute atomic E-state index is 11.9. The van der Waals surface area contributed by atoms with Gasteiger partial charge >= 0.3 is 0 Å². The predicted octanol–water partition coefficient (Wildman–Crippen LogP) is 3.29. The van der Waals surface area contributed by atoms with E-state index in [2.05, 4.69) is 34.9 Å². The molecule has 0 bridgehead atoms. The van der Waals surface area contributed by atoms with Gasteiger partial charge in [0.1, 0.15) is 0 Å². The minimum atomic E-state index is -0.0771. The molecule has 0 aliphatic heterocycles. The Morgan fingerprint density at radius 1 is 0.955 bits per heavy atom. The van der Waals surface area contributed by atoms with E-state index in [4.69, 9.17) is 11.6 Å². The summed E-state index contributed by atoms with van der Waals surface area (Å²) in [5.41, 5.74) is 1.94. The van der Waals surface area contributed by atoms with Crippen molar-refractivity contribution in [1.82, 2.24) is 10.6 Å². The smallest absolute Gasteiger partial charge is 0.251 e. The highest BCUT2D eigenvalue weighted by molar-refractivity contribution is 6.30. The van der Waals surface area contributed by atoms with Crippen LogP contribution in [0.15, 0.2) is 54.6 Å². The zero-order chi connectivity index (χ0) is 15.6. The highest BCUT2D eigenvalue weighted by atomic mass is 35.5. The van der Waals surface area contributed by atoms with E-state index in [1.165, 1.54) is 5.56 Å². The summed E-state index contributed by atoms with van der Waals surface area (Å²) in [6.07, 6.45) is 1.93. The number of amides is 1. The van der Waals surface area contributed by atoms with Crippen molar-refractivity contribution in [3.63, 3.8) is 0 Å².